The molecule has 0 N–H and O–H groups in total. The zero-order valence-electron chi connectivity index (χ0n) is 24.7. The van der Waals surface area contributed by atoms with Gasteiger partial charge in [0.05, 0.1) is 22.6 Å². The quantitative estimate of drug-likeness (QED) is 0.320. The fraction of sp³-hybridized carbons (Fsp3) is 0.500. The Labute approximate surface area is 260 Å². The lowest BCUT2D eigenvalue weighted by atomic mass is 9.85. The number of aromatic nitrogens is 2. The molecule has 7 nitrogen and oxygen atoms in total. The average Bonchev–Trinajstić information content (AvgIpc) is 3.65. The Morgan fingerprint density at radius 1 is 1.16 bits per heavy atom. The molecule has 5 heterocycles. The number of carbonyl (C=O) groups is 1. The van der Waals surface area contributed by atoms with Crippen LogP contribution < -0.4 is 9.64 Å². The first kappa shape index (κ1) is 28.2. The van der Waals surface area contributed by atoms with Gasteiger partial charge in [0.2, 0.25) is 5.91 Å². The second-order valence-corrected chi connectivity index (χ2v) is 13.5. The van der Waals surface area contributed by atoms with Crippen LogP contribution in [0, 0.1) is 5.82 Å². The number of carbonyl (C=O) groups excluding carboxylic acids is 1. The highest BCUT2D eigenvalue weighted by Gasteiger charge is 2.51. The van der Waals surface area contributed by atoms with Crippen LogP contribution in [0.15, 0.2) is 36.9 Å². The first-order valence-electron chi connectivity index (χ1n) is 15.9. The monoisotopic (exact) mass is 619 g/mol. The summed E-state index contributed by atoms with van der Waals surface area (Å²) in [4.78, 5) is 28.1. The van der Waals surface area contributed by atoms with Crippen molar-refractivity contribution in [1.29, 1.82) is 0 Å². The Kier molecular flexibility index (Phi) is 6.83. The molecule has 4 atom stereocenters. The van der Waals surface area contributed by atoms with Crippen molar-refractivity contribution in [2.24, 2.45) is 0 Å². The topological polar surface area (TPSA) is 61.8 Å². The Balaban J connectivity index is 1.22. The van der Waals surface area contributed by atoms with Gasteiger partial charge in [-0.15, -0.1) is 0 Å². The summed E-state index contributed by atoms with van der Waals surface area (Å²) >= 11 is 6.93. The van der Waals surface area contributed by atoms with Crippen LogP contribution in [0.4, 0.5) is 14.6 Å². The van der Waals surface area contributed by atoms with Crippen LogP contribution in [0.2, 0.25) is 5.02 Å². The molecule has 0 radical (unpaired) electrons. The molecule has 1 unspecified atom stereocenters. The minimum Gasteiger partial charge on any atom is -0.461 e. The second kappa shape index (κ2) is 10.7. The first-order valence-corrected chi connectivity index (χ1v) is 16.3. The van der Waals surface area contributed by atoms with Crippen molar-refractivity contribution in [3.05, 3.63) is 58.9 Å². The van der Waals surface area contributed by atoms with Gasteiger partial charge in [-0.2, -0.15) is 9.97 Å². The summed E-state index contributed by atoms with van der Waals surface area (Å²) in [5.74, 6) is -0.0174. The van der Waals surface area contributed by atoms with E-state index in [0.29, 0.717) is 47.8 Å². The summed E-state index contributed by atoms with van der Waals surface area (Å²) < 4.78 is 37.6. The molecule has 5 aliphatic rings. The van der Waals surface area contributed by atoms with E-state index in [1.165, 1.54) is 11.6 Å². The highest BCUT2D eigenvalue weighted by Crippen LogP contribution is 2.45. The van der Waals surface area contributed by atoms with E-state index in [2.05, 4.69) is 27.4 Å². The largest absolute Gasteiger partial charge is 0.461 e. The summed E-state index contributed by atoms with van der Waals surface area (Å²) in [6.07, 6.45) is 7.55. The molecule has 44 heavy (non-hydrogen) atoms. The van der Waals surface area contributed by atoms with E-state index >= 15 is 4.39 Å². The van der Waals surface area contributed by atoms with Crippen molar-refractivity contribution in [1.82, 2.24) is 19.8 Å². The van der Waals surface area contributed by atoms with Gasteiger partial charge in [0.25, 0.3) is 0 Å². The number of amides is 1. The van der Waals surface area contributed by atoms with Crippen LogP contribution in [0.5, 0.6) is 6.01 Å². The molecule has 4 fully saturated rings. The number of halogens is 3. The summed E-state index contributed by atoms with van der Waals surface area (Å²) in [6, 6.07) is 7.99. The fourth-order valence-corrected chi connectivity index (χ4v) is 8.90. The summed E-state index contributed by atoms with van der Waals surface area (Å²) in [5.41, 5.74) is 3.34. The van der Waals surface area contributed by atoms with Crippen molar-refractivity contribution in [2.45, 2.75) is 75.2 Å². The van der Waals surface area contributed by atoms with E-state index in [-0.39, 0.29) is 41.7 Å². The third-order valence-corrected chi connectivity index (χ3v) is 11.1. The predicted molar refractivity (Wildman–Crippen MR) is 167 cm³/mol. The molecule has 230 valence electrons. The van der Waals surface area contributed by atoms with Gasteiger partial charge in [-0.05, 0) is 80.3 Å². The van der Waals surface area contributed by atoms with Crippen molar-refractivity contribution >= 4 is 34.2 Å². The number of benzene rings is 2. The fourth-order valence-electron chi connectivity index (χ4n) is 8.61. The molecule has 0 saturated carbocycles. The molecule has 2 aromatic carbocycles. The van der Waals surface area contributed by atoms with Gasteiger partial charge in [-0.3, -0.25) is 9.69 Å². The summed E-state index contributed by atoms with van der Waals surface area (Å²) in [6.45, 7) is 6.36. The van der Waals surface area contributed by atoms with E-state index in [0.717, 1.165) is 62.6 Å². The van der Waals surface area contributed by atoms with Gasteiger partial charge in [-0.25, -0.2) is 8.78 Å². The normalized spacial score (nSPS) is 27.7. The van der Waals surface area contributed by atoms with Gasteiger partial charge in [-0.1, -0.05) is 36.4 Å². The lowest BCUT2D eigenvalue weighted by molar-refractivity contribution is -0.127. The maximum Gasteiger partial charge on any atom is 0.319 e. The number of anilines is 1. The number of nitrogens with zero attached hydrogens (tertiary/aromatic N) is 5. The molecule has 1 aliphatic carbocycles. The van der Waals surface area contributed by atoms with Crippen LogP contribution in [0.3, 0.4) is 0 Å². The number of fused-ring (bicyclic) bond motifs is 4. The van der Waals surface area contributed by atoms with Crippen molar-refractivity contribution in [3.63, 3.8) is 0 Å². The van der Waals surface area contributed by atoms with E-state index in [9.17, 15) is 9.18 Å². The summed E-state index contributed by atoms with van der Waals surface area (Å²) in [7, 11) is 0. The molecule has 10 heteroatoms. The van der Waals surface area contributed by atoms with E-state index in [1.54, 1.807) is 6.07 Å². The highest BCUT2D eigenvalue weighted by molar-refractivity contribution is 6.34. The molecule has 4 saturated heterocycles. The summed E-state index contributed by atoms with van der Waals surface area (Å²) in [5, 5.41) is 0.838. The second-order valence-electron chi connectivity index (χ2n) is 13.1. The van der Waals surface area contributed by atoms with E-state index in [4.69, 9.17) is 21.3 Å². The van der Waals surface area contributed by atoms with Crippen LogP contribution in [-0.4, -0.2) is 82.3 Å². The minimum atomic E-state index is -0.882. The molecule has 4 aliphatic heterocycles. The van der Waals surface area contributed by atoms with E-state index < -0.39 is 12.0 Å². The zero-order chi connectivity index (χ0) is 30.2. The number of ether oxygens (including phenoxy) is 1. The van der Waals surface area contributed by atoms with Crippen molar-refractivity contribution < 1.29 is 18.3 Å². The zero-order valence-corrected chi connectivity index (χ0v) is 25.5. The lowest BCUT2D eigenvalue weighted by Gasteiger charge is -2.47. The SMILES string of the molecule is C=CC(=O)N1CCC2[C@H]1CN2c1nc(OC[C@@]23CCCN2C[C@H](F)C3)nc2c(F)c(-c3cccc4c3CCCC4)c(Cl)cc12. The molecule has 8 rings (SSSR count). The van der Waals surface area contributed by atoms with Crippen LogP contribution >= 0.6 is 11.6 Å². The van der Waals surface area contributed by atoms with Gasteiger partial charge in [0.1, 0.15) is 24.1 Å². The smallest absolute Gasteiger partial charge is 0.319 e. The van der Waals surface area contributed by atoms with Gasteiger partial charge in [0.15, 0.2) is 5.82 Å². The molecule has 0 bridgehead atoms. The standard InChI is InChI=1S/C34H36ClF2N5O2/c1-2-28(43)41-14-11-26-27(41)18-42(26)32-24-15-25(35)29(23-10-5-8-20-7-3-4-9-22(20)23)30(37)31(24)38-33(39-32)44-19-34-12-6-13-40(34)17-21(36)16-34/h2,5,8,10,15,21,26-27H,1,3-4,6-7,9,11-14,16-19H2/t21-,26?,27-,34+/m1/s1. The van der Waals surface area contributed by atoms with Crippen molar-refractivity contribution in [3.8, 4) is 17.1 Å². The van der Waals surface area contributed by atoms with Crippen LogP contribution in [0.25, 0.3) is 22.0 Å². The molecule has 0 spiro atoms. The molecule has 3 aromatic rings. The maximum absolute atomic E-state index is 16.8. The molecule has 1 aromatic heterocycles. The van der Waals surface area contributed by atoms with Crippen LogP contribution in [-0.2, 0) is 17.6 Å². The number of rotatable bonds is 6. The molecular formula is C34H36ClF2N5O2. The van der Waals surface area contributed by atoms with Gasteiger partial charge >= 0.3 is 6.01 Å². The lowest BCUT2D eigenvalue weighted by Crippen LogP contribution is -2.63. The Morgan fingerprint density at radius 2 is 2.02 bits per heavy atom. The average molecular weight is 620 g/mol. The van der Waals surface area contributed by atoms with Gasteiger partial charge < -0.3 is 14.5 Å². The third-order valence-electron chi connectivity index (χ3n) is 10.8. The van der Waals surface area contributed by atoms with Gasteiger partial charge in [0, 0.05) is 37.0 Å². The number of hydrogen-bond donors (Lipinski definition) is 0. The Bertz CT molecular complexity index is 1690. The number of hydrogen-bond acceptors (Lipinski definition) is 6. The number of likely N-dealkylation sites (tertiary alicyclic amines) is 1. The molecular weight excluding hydrogens is 584 g/mol. The third kappa shape index (κ3) is 4.33. The number of aryl methyl sites for hydroxylation is 1. The Hall–Kier alpha value is -3.30. The molecule has 1 amide bonds. The number of alkyl halides is 1. The minimum absolute atomic E-state index is 0.0382. The van der Waals surface area contributed by atoms with E-state index in [1.807, 2.05) is 17.0 Å². The van der Waals surface area contributed by atoms with Crippen LogP contribution in [0.1, 0.15) is 49.7 Å². The first-order chi connectivity index (χ1) is 21.4. The highest BCUT2D eigenvalue weighted by atomic mass is 35.5. The van der Waals surface area contributed by atoms with Crippen molar-refractivity contribution in [2.75, 3.05) is 37.7 Å². The Morgan fingerprint density at radius 3 is 2.89 bits per heavy atom. The maximum atomic E-state index is 16.8. The predicted octanol–water partition coefficient (Wildman–Crippen LogP) is 5.90.